The lowest BCUT2D eigenvalue weighted by Crippen LogP contribution is -2.26. The standard InChI is InChI=1S/C12H25NO2/c1-11(2)10(12(11,3)4)13-6-7-15-9-8-14-5/h10,13H,6-9H2,1-5H3. The Labute approximate surface area is 93.5 Å². The summed E-state index contributed by atoms with van der Waals surface area (Å²) in [6.45, 7) is 12.3. The molecule has 0 aliphatic heterocycles. The third-order valence-corrected chi connectivity index (χ3v) is 4.05. The molecule has 0 radical (unpaired) electrons. The van der Waals surface area contributed by atoms with Crippen LogP contribution in [0.15, 0.2) is 0 Å². The summed E-state index contributed by atoms with van der Waals surface area (Å²) in [6, 6.07) is 0.621. The first kappa shape index (κ1) is 12.9. The number of hydrogen-bond donors (Lipinski definition) is 1. The molecule has 1 rings (SSSR count). The molecule has 1 N–H and O–H groups in total. The molecule has 0 spiro atoms. The second-order valence-corrected chi connectivity index (χ2v) is 5.44. The van der Waals surface area contributed by atoms with Gasteiger partial charge in [-0.3, -0.25) is 0 Å². The van der Waals surface area contributed by atoms with Crippen molar-refractivity contribution in [1.29, 1.82) is 0 Å². The Hall–Kier alpha value is -0.120. The van der Waals surface area contributed by atoms with Crippen molar-refractivity contribution in [2.45, 2.75) is 33.7 Å². The zero-order chi connectivity index (χ0) is 11.5. The topological polar surface area (TPSA) is 30.5 Å². The van der Waals surface area contributed by atoms with Gasteiger partial charge in [-0.2, -0.15) is 0 Å². The normalized spacial score (nSPS) is 23.0. The Morgan fingerprint density at radius 3 is 2.07 bits per heavy atom. The van der Waals surface area contributed by atoms with Crippen molar-refractivity contribution < 1.29 is 9.47 Å². The summed E-state index contributed by atoms with van der Waals surface area (Å²) in [4.78, 5) is 0. The van der Waals surface area contributed by atoms with Crippen LogP contribution in [0.4, 0.5) is 0 Å². The SMILES string of the molecule is COCCOCCNC1C(C)(C)C1(C)C. The van der Waals surface area contributed by atoms with Crippen LogP contribution in [-0.4, -0.2) is 39.5 Å². The number of methoxy groups -OCH3 is 1. The summed E-state index contributed by atoms with van der Waals surface area (Å²) in [6.07, 6.45) is 0. The molecular formula is C12H25NO2. The second-order valence-electron chi connectivity index (χ2n) is 5.44. The van der Waals surface area contributed by atoms with Crippen LogP contribution in [0.5, 0.6) is 0 Å². The predicted octanol–water partition coefficient (Wildman–Crippen LogP) is 1.67. The lowest BCUT2D eigenvalue weighted by atomic mass is 10.0. The summed E-state index contributed by atoms with van der Waals surface area (Å²) >= 11 is 0. The van der Waals surface area contributed by atoms with Gasteiger partial charge in [0, 0.05) is 19.7 Å². The molecule has 0 bridgehead atoms. The third kappa shape index (κ3) is 2.71. The molecule has 1 aliphatic carbocycles. The molecule has 3 nitrogen and oxygen atoms in total. The van der Waals surface area contributed by atoms with Crippen molar-refractivity contribution in [3.63, 3.8) is 0 Å². The quantitative estimate of drug-likeness (QED) is 0.655. The Balaban J connectivity index is 2.03. The molecule has 1 saturated carbocycles. The van der Waals surface area contributed by atoms with E-state index in [-0.39, 0.29) is 0 Å². The molecule has 15 heavy (non-hydrogen) atoms. The van der Waals surface area contributed by atoms with E-state index >= 15 is 0 Å². The summed E-state index contributed by atoms with van der Waals surface area (Å²) in [5.41, 5.74) is 0.832. The maximum Gasteiger partial charge on any atom is 0.0700 e. The van der Waals surface area contributed by atoms with Crippen LogP contribution in [0.2, 0.25) is 0 Å². The Bertz CT molecular complexity index is 188. The first-order chi connectivity index (χ1) is 6.94. The van der Waals surface area contributed by atoms with Crippen LogP contribution in [-0.2, 0) is 9.47 Å². The zero-order valence-corrected chi connectivity index (χ0v) is 10.7. The highest BCUT2D eigenvalue weighted by molar-refractivity contribution is 5.17. The largest absolute Gasteiger partial charge is 0.382 e. The molecule has 0 amide bonds. The molecule has 90 valence electrons. The minimum absolute atomic E-state index is 0.416. The summed E-state index contributed by atoms with van der Waals surface area (Å²) < 4.78 is 10.3. The van der Waals surface area contributed by atoms with E-state index in [1.54, 1.807) is 7.11 Å². The number of nitrogens with one attached hydrogen (secondary N) is 1. The van der Waals surface area contributed by atoms with Crippen LogP contribution in [0.1, 0.15) is 27.7 Å². The molecular weight excluding hydrogens is 190 g/mol. The Kier molecular flexibility index (Phi) is 4.15. The third-order valence-electron chi connectivity index (χ3n) is 4.05. The van der Waals surface area contributed by atoms with Gasteiger partial charge in [-0.25, -0.2) is 0 Å². The van der Waals surface area contributed by atoms with Gasteiger partial charge in [0.15, 0.2) is 0 Å². The Morgan fingerprint density at radius 2 is 1.60 bits per heavy atom. The van der Waals surface area contributed by atoms with E-state index in [4.69, 9.17) is 9.47 Å². The first-order valence-corrected chi connectivity index (χ1v) is 5.74. The minimum atomic E-state index is 0.416. The lowest BCUT2D eigenvalue weighted by molar-refractivity contribution is 0.0715. The second kappa shape index (κ2) is 4.81. The van der Waals surface area contributed by atoms with E-state index in [0.717, 1.165) is 13.2 Å². The van der Waals surface area contributed by atoms with Crippen molar-refractivity contribution in [2.24, 2.45) is 10.8 Å². The van der Waals surface area contributed by atoms with Gasteiger partial charge in [-0.15, -0.1) is 0 Å². The van der Waals surface area contributed by atoms with Gasteiger partial charge < -0.3 is 14.8 Å². The maximum atomic E-state index is 5.40. The highest BCUT2D eigenvalue weighted by atomic mass is 16.5. The zero-order valence-electron chi connectivity index (χ0n) is 10.7. The number of rotatable bonds is 7. The van der Waals surface area contributed by atoms with E-state index < -0.39 is 0 Å². The molecule has 1 fully saturated rings. The summed E-state index contributed by atoms with van der Waals surface area (Å²) in [7, 11) is 1.69. The van der Waals surface area contributed by atoms with Crippen LogP contribution < -0.4 is 5.32 Å². The van der Waals surface area contributed by atoms with Crippen molar-refractivity contribution in [2.75, 3.05) is 33.5 Å². The van der Waals surface area contributed by atoms with Crippen LogP contribution in [0.3, 0.4) is 0 Å². The molecule has 0 aromatic carbocycles. The van der Waals surface area contributed by atoms with Gasteiger partial charge in [-0.1, -0.05) is 27.7 Å². The molecule has 3 heteroatoms. The highest BCUT2D eigenvalue weighted by Crippen LogP contribution is 2.62. The maximum absolute atomic E-state index is 5.40. The van der Waals surface area contributed by atoms with Crippen molar-refractivity contribution >= 4 is 0 Å². The van der Waals surface area contributed by atoms with Gasteiger partial charge >= 0.3 is 0 Å². The Morgan fingerprint density at radius 1 is 1.00 bits per heavy atom. The molecule has 0 aromatic rings. The van der Waals surface area contributed by atoms with Crippen molar-refractivity contribution in [1.82, 2.24) is 5.32 Å². The number of hydrogen-bond acceptors (Lipinski definition) is 3. The van der Waals surface area contributed by atoms with E-state index in [9.17, 15) is 0 Å². The first-order valence-electron chi connectivity index (χ1n) is 5.74. The molecule has 0 saturated heterocycles. The molecule has 1 aliphatic rings. The van der Waals surface area contributed by atoms with Gasteiger partial charge in [0.2, 0.25) is 0 Å². The molecule has 0 aromatic heterocycles. The average molecular weight is 215 g/mol. The molecule has 0 heterocycles. The van der Waals surface area contributed by atoms with E-state index in [0.29, 0.717) is 30.1 Å². The van der Waals surface area contributed by atoms with Gasteiger partial charge in [0.25, 0.3) is 0 Å². The van der Waals surface area contributed by atoms with Crippen LogP contribution >= 0.6 is 0 Å². The van der Waals surface area contributed by atoms with Crippen molar-refractivity contribution in [3.8, 4) is 0 Å². The average Bonchev–Trinajstić information content (AvgIpc) is 2.52. The smallest absolute Gasteiger partial charge is 0.0700 e. The van der Waals surface area contributed by atoms with E-state index in [1.165, 1.54) is 0 Å². The van der Waals surface area contributed by atoms with E-state index in [2.05, 4.69) is 33.0 Å². The monoisotopic (exact) mass is 215 g/mol. The number of ether oxygens (including phenoxy) is 2. The fraction of sp³-hybridized carbons (Fsp3) is 1.00. The molecule has 0 atom stereocenters. The fourth-order valence-electron chi connectivity index (χ4n) is 2.23. The van der Waals surface area contributed by atoms with Crippen LogP contribution in [0, 0.1) is 10.8 Å². The highest BCUT2D eigenvalue weighted by Gasteiger charge is 2.64. The molecule has 0 unspecified atom stereocenters. The van der Waals surface area contributed by atoms with Gasteiger partial charge in [-0.05, 0) is 10.8 Å². The summed E-state index contributed by atoms with van der Waals surface area (Å²) in [5, 5.41) is 3.55. The van der Waals surface area contributed by atoms with Gasteiger partial charge in [0.1, 0.15) is 0 Å². The van der Waals surface area contributed by atoms with Crippen LogP contribution in [0.25, 0.3) is 0 Å². The predicted molar refractivity (Wildman–Crippen MR) is 62.0 cm³/mol. The minimum Gasteiger partial charge on any atom is -0.382 e. The van der Waals surface area contributed by atoms with Crippen molar-refractivity contribution in [3.05, 3.63) is 0 Å². The van der Waals surface area contributed by atoms with Gasteiger partial charge in [0.05, 0.1) is 19.8 Å². The lowest BCUT2D eigenvalue weighted by Gasteiger charge is -2.07. The van der Waals surface area contributed by atoms with E-state index in [1.807, 2.05) is 0 Å². The summed E-state index contributed by atoms with van der Waals surface area (Å²) in [5.74, 6) is 0. The fourth-order valence-corrected chi connectivity index (χ4v) is 2.23.